The van der Waals surface area contributed by atoms with Crippen molar-refractivity contribution in [3.05, 3.63) is 12.7 Å². The van der Waals surface area contributed by atoms with E-state index in [0.717, 1.165) is 0 Å². The van der Waals surface area contributed by atoms with Crippen LogP contribution < -0.4 is 4.52 Å². The van der Waals surface area contributed by atoms with Crippen LogP contribution in [-0.2, 0) is 9.26 Å². The number of rotatable bonds is 10. The lowest BCUT2D eigenvalue weighted by atomic mass is 10.2. The third-order valence-electron chi connectivity index (χ3n) is 4.80. The van der Waals surface area contributed by atoms with Crippen molar-refractivity contribution in [1.29, 1.82) is 5.26 Å². The van der Waals surface area contributed by atoms with Gasteiger partial charge in [-0.05, 0) is 27.7 Å². The van der Waals surface area contributed by atoms with Gasteiger partial charge in [0.15, 0.2) is 17.4 Å². The van der Waals surface area contributed by atoms with Gasteiger partial charge in [0.05, 0.1) is 38.1 Å². The second-order valence-electron chi connectivity index (χ2n) is 7.78. The van der Waals surface area contributed by atoms with Crippen molar-refractivity contribution >= 4 is 19.7 Å². The van der Waals surface area contributed by atoms with Gasteiger partial charge in [-0.1, -0.05) is 0 Å². The molecule has 0 spiro atoms. The predicted octanol–water partition coefficient (Wildman–Crippen LogP) is 2.12. The Hall–Kier alpha value is -1.93. The minimum atomic E-state index is -1.55. The van der Waals surface area contributed by atoms with E-state index in [1.54, 1.807) is 4.57 Å². The van der Waals surface area contributed by atoms with E-state index in [2.05, 4.69) is 25.7 Å². The Bertz CT molecular complexity index is 896. The Morgan fingerprint density at radius 2 is 2.06 bits per heavy atom. The molecule has 12 heteroatoms. The maximum absolute atomic E-state index is 10.3. The quantitative estimate of drug-likeness (QED) is 0.407. The van der Waals surface area contributed by atoms with E-state index in [4.69, 9.17) is 19.0 Å². The molecule has 1 aliphatic heterocycles. The van der Waals surface area contributed by atoms with Crippen molar-refractivity contribution in [3.63, 3.8) is 0 Å². The van der Waals surface area contributed by atoms with Crippen LogP contribution in [0, 0.1) is 11.3 Å². The number of nitriles is 1. The van der Waals surface area contributed by atoms with Crippen LogP contribution in [0.3, 0.4) is 0 Å². The molecule has 0 saturated carbocycles. The first kappa shape index (κ1) is 23.7. The maximum atomic E-state index is 10.3. The first-order chi connectivity index (χ1) is 14.9. The molecule has 31 heavy (non-hydrogen) atoms. The highest BCUT2D eigenvalue weighted by Gasteiger charge is 2.36. The van der Waals surface area contributed by atoms with Gasteiger partial charge >= 0.3 is 8.53 Å². The lowest BCUT2D eigenvalue weighted by molar-refractivity contribution is -0.0486. The second-order valence-corrected chi connectivity index (χ2v) is 9.15. The molecule has 11 nitrogen and oxygen atoms in total. The lowest BCUT2D eigenvalue weighted by Gasteiger charge is -2.34. The van der Waals surface area contributed by atoms with Gasteiger partial charge in [0, 0.05) is 18.5 Å². The van der Waals surface area contributed by atoms with Crippen LogP contribution >= 0.6 is 8.53 Å². The molecule has 1 aliphatic rings. The molecule has 2 aromatic rings. The third kappa shape index (κ3) is 5.29. The number of nitrogens with zero attached hydrogens (tertiary/aromatic N) is 6. The van der Waals surface area contributed by atoms with Crippen molar-refractivity contribution in [2.24, 2.45) is 0 Å². The molecule has 170 valence electrons. The Morgan fingerprint density at radius 3 is 2.68 bits per heavy atom. The van der Waals surface area contributed by atoms with Crippen molar-refractivity contribution < 1.29 is 24.0 Å². The Kier molecular flexibility index (Phi) is 8.11. The van der Waals surface area contributed by atoms with Crippen molar-refractivity contribution in [1.82, 2.24) is 24.2 Å². The van der Waals surface area contributed by atoms with E-state index in [1.807, 2.05) is 27.7 Å². The smallest absolute Gasteiger partial charge is 0.322 e. The van der Waals surface area contributed by atoms with E-state index in [0.29, 0.717) is 17.6 Å². The van der Waals surface area contributed by atoms with Gasteiger partial charge in [-0.15, -0.1) is 0 Å². The summed E-state index contributed by atoms with van der Waals surface area (Å²) in [7, 11) is -1.55. The highest BCUT2D eigenvalue weighted by atomic mass is 31.2. The van der Waals surface area contributed by atoms with Crippen LogP contribution in [0.4, 0.5) is 0 Å². The average molecular weight is 452 g/mol. The van der Waals surface area contributed by atoms with Crippen LogP contribution in [-0.4, -0.2) is 71.9 Å². The summed E-state index contributed by atoms with van der Waals surface area (Å²) in [6, 6.07) is 2.35. The maximum Gasteiger partial charge on any atom is 0.322 e. The van der Waals surface area contributed by atoms with Crippen LogP contribution in [0.15, 0.2) is 12.7 Å². The van der Waals surface area contributed by atoms with Gasteiger partial charge in [-0.3, -0.25) is 4.57 Å². The molecule has 1 fully saturated rings. The van der Waals surface area contributed by atoms with Crippen molar-refractivity contribution in [2.75, 3.05) is 13.2 Å². The highest BCUT2D eigenvalue weighted by Crippen LogP contribution is 2.47. The fraction of sp³-hybridized carbons (Fsp3) is 0.684. The summed E-state index contributed by atoms with van der Waals surface area (Å²) in [4.78, 5) is 12.9. The molecule has 3 rings (SSSR count). The molecule has 3 heterocycles. The highest BCUT2D eigenvalue weighted by molar-refractivity contribution is 7.45. The number of hydrogen-bond donors (Lipinski definition) is 2. The summed E-state index contributed by atoms with van der Waals surface area (Å²) in [6.45, 7) is 8.26. The summed E-state index contributed by atoms with van der Waals surface area (Å²) in [5, 5.41) is 28.6. The minimum Gasteiger partial charge on any atom is -0.415 e. The summed E-state index contributed by atoms with van der Waals surface area (Å²) in [6.07, 6.45) is 1.51. The largest absolute Gasteiger partial charge is 0.415 e. The van der Waals surface area contributed by atoms with E-state index >= 15 is 0 Å². The van der Waals surface area contributed by atoms with Gasteiger partial charge in [0.2, 0.25) is 0 Å². The zero-order chi connectivity index (χ0) is 22.5. The zero-order valence-corrected chi connectivity index (χ0v) is 19.0. The first-order valence-electron chi connectivity index (χ1n) is 10.3. The van der Waals surface area contributed by atoms with Crippen LogP contribution in [0.2, 0.25) is 0 Å². The topological polar surface area (TPSA) is 139 Å². The van der Waals surface area contributed by atoms with Crippen LogP contribution in [0.1, 0.15) is 46.8 Å². The molecular formula is C19H29N6O5P. The minimum absolute atomic E-state index is 0.139. The normalized spacial score (nSPS) is 22.5. The Morgan fingerprint density at radius 1 is 1.32 bits per heavy atom. The predicted molar refractivity (Wildman–Crippen MR) is 113 cm³/mol. The molecule has 2 N–H and O–H groups in total. The number of aliphatic hydroxyl groups excluding tert-OH is 2. The Balaban J connectivity index is 1.90. The van der Waals surface area contributed by atoms with E-state index < -0.39 is 27.0 Å². The molecular weight excluding hydrogens is 423 g/mol. The van der Waals surface area contributed by atoms with E-state index in [9.17, 15) is 10.2 Å². The molecule has 0 radical (unpaired) electrons. The van der Waals surface area contributed by atoms with Gasteiger partial charge in [-0.25, -0.2) is 14.6 Å². The van der Waals surface area contributed by atoms with Crippen LogP contribution in [0.25, 0.3) is 11.2 Å². The van der Waals surface area contributed by atoms with E-state index in [1.165, 1.54) is 12.7 Å². The van der Waals surface area contributed by atoms with Gasteiger partial charge in [0.1, 0.15) is 12.4 Å². The summed E-state index contributed by atoms with van der Waals surface area (Å²) >= 11 is 0. The molecule has 0 aliphatic carbocycles. The molecule has 1 unspecified atom stereocenters. The standard InChI is InChI=1S/C19H29N6O5P/c1-12(2)25(13(3)4)31(28-7-5-6-20)30-18-16-17(21-10-22-18)24(11-23-16)19-15(27)8-14(9-26)29-19/h10-15,19,26-27H,5,7-9H2,1-4H3/t14-,15+,19+,31?/m0/s1. The summed E-state index contributed by atoms with van der Waals surface area (Å²) < 4.78 is 21.6. The second kappa shape index (κ2) is 10.6. The molecule has 2 aromatic heterocycles. The average Bonchev–Trinajstić information content (AvgIpc) is 3.31. The lowest BCUT2D eigenvalue weighted by Crippen LogP contribution is -2.34. The summed E-state index contributed by atoms with van der Waals surface area (Å²) in [5.74, 6) is 0.254. The number of aliphatic hydroxyl groups is 2. The monoisotopic (exact) mass is 452 g/mol. The molecule has 1 saturated heterocycles. The first-order valence-corrected chi connectivity index (χ1v) is 11.4. The number of imidazole rings is 1. The fourth-order valence-electron chi connectivity index (χ4n) is 3.54. The van der Waals surface area contributed by atoms with Gasteiger partial charge < -0.3 is 24.0 Å². The van der Waals surface area contributed by atoms with Crippen molar-refractivity contribution in [2.45, 2.75) is 71.1 Å². The number of ether oxygens (including phenoxy) is 1. The number of hydrogen-bond acceptors (Lipinski definition) is 10. The number of fused-ring (bicyclic) bond motifs is 1. The molecule has 0 aromatic carbocycles. The Labute approximate surface area is 182 Å². The number of aromatic nitrogens is 4. The molecule has 4 atom stereocenters. The molecule has 0 bridgehead atoms. The van der Waals surface area contributed by atoms with E-state index in [-0.39, 0.29) is 37.6 Å². The van der Waals surface area contributed by atoms with Gasteiger partial charge in [0.25, 0.3) is 5.88 Å². The van der Waals surface area contributed by atoms with Crippen LogP contribution in [0.5, 0.6) is 5.88 Å². The zero-order valence-electron chi connectivity index (χ0n) is 18.1. The van der Waals surface area contributed by atoms with Crippen molar-refractivity contribution in [3.8, 4) is 11.9 Å². The van der Waals surface area contributed by atoms with Gasteiger partial charge in [-0.2, -0.15) is 10.2 Å². The summed E-state index contributed by atoms with van der Waals surface area (Å²) in [5.41, 5.74) is 0.856. The fourth-order valence-corrected chi connectivity index (χ4v) is 5.10. The third-order valence-corrected chi connectivity index (χ3v) is 6.83. The SMILES string of the molecule is CC(C)N(C(C)C)P(OCCC#N)Oc1ncnc2c1ncn2[C@@H]1O[C@H](CO)C[C@H]1O. The molecule has 0 amide bonds.